The van der Waals surface area contributed by atoms with E-state index in [2.05, 4.69) is 5.32 Å². The minimum atomic E-state index is -0.488. The lowest BCUT2D eigenvalue weighted by Gasteiger charge is -2.24. The van der Waals surface area contributed by atoms with Crippen LogP contribution < -0.4 is 10.1 Å². The van der Waals surface area contributed by atoms with Crippen molar-refractivity contribution in [3.63, 3.8) is 0 Å². The Labute approximate surface area is 125 Å². The van der Waals surface area contributed by atoms with Crippen LogP contribution in [0.5, 0.6) is 5.75 Å². The predicted octanol–water partition coefficient (Wildman–Crippen LogP) is 3.86. The van der Waals surface area contributed by atoms with Gasteiger partial charge < -0.3 is 10.1 Å². The molecule has 0 spiro atoms. The van der Waals surface area contributed by atoms with Crippen LogP contribution in [-0.2, 0) is 4.79 Å². The van der Waals surface area contributed by atoms with Gasteiger partial charge in [0.15, 0.2) is 6.10 Å². The second-order valence-corrected chi connectivity index (χ2v) is 5.92. The van der Waals surface area contributed by atoms with E-state index in [-0.39, 0.29) is 5.91 Å². The van der Waals surface area contributed by atoms with Gasteiger partial charge in [-0.2, -0.15) is 0 Å². The third-order valence-electron chi connectivity index (χ3n) is 3.76. The van der Waals surface area contributed by atoms with Crippen LogP contribution in [0.4, 0.5) is 0 Å². The van der Waals surface area contributed by atoms with E-state index in [9.17, 15) is 4.79 Å². The van der Waals surface area contributed by atoms with E-state index < -0.39 is 6.10 Å². The summed E-state index contributed by atoms with van der Waals surface area (Å²) in [5.74, 6) is 0.641. The number of hydrogen-bond donors (Lipinski definition) is 1. The van der Waals surface area contributed by atoms with Crippen LogP contribution in [0.2, 0.25) is 5.02 Å². The molecule has 2 rings (SSSR count). The number of ether oxygens (including phenoxy) is 1. The Hall–Kier alpha value is -1.22. The van der Waals surface area contributed by atoms with E-state index in [1.54, 1.807) is 19.1 Å². The molecule has 0 aliphatic heterocycles. The first-order valence-corrected chi connectivity index (χ1v) is 7.67. The average Bonchev–Trinajstić information content (AvgIpc) is 2.44. The van der Waals surface area contributed by atoms with Crippen LogP contribution >= 0.6 is 11.6 Å². The molecule has 0 radical (unpaired) electrons. The summed E-state index contributed by atoms with van der Waals surface area (Å²) in [6.07, 6.45) is 5.37. The molecular formula is C16H22ClNO2. The van der Waals surface area contributed by atoms with Crippen molar-refractivity contribution in [3.8, 4) is 5.75 Å². The molecular weight excluding hydrogens is 274 g/mol. The summed E-state index contributed by atoms with van der Waals surface area (Å²) < 4.78 is 5.68. The summed E-state index contributed by atoms with van der Waals surface area (Å²) in [6.45, 7) is 3.70. The molecule has 1 aliphatic rings. The summed E-state index contributed by atoms with van der Waals surface area (Å²) >= 11 is 5.97. The summed E-state index contributed by atoms with van der Waals surface area (Å²) in [7, 11) is 0. The van der Waals surface area contributed by atoms with Crippen molar-refractivity contribution in [2.24, 2.45) is 0 Å². The Balaban J connectivity index is 1.88. The topological polar surface area (TPSA) is 38.3 Å². The second-order valence-electron chi connectivity index (χ2n) is 5.51. The molecule has 1 N–H and O–H groups in total. The van der Waals surface area contributed by atoms with Gasteiger partial charge in [0.2, 0.25) is 0 Å². The van der Waals surface area contributed by atoms with Gasteiger partial charge in [-0.3, -0.25) is 4.79 Å². The van der Waals surface area contributed by atoms with Crippen molar-refractivity contribution in [1.29, 1.82) is 0 Å². The maximum Gasteiger partial charge on any atom is 0.260 e. The molecule has 1 atom stereocenters. The lowest BCUT2D eigenvalue weighted by Crippen LogP contribution is -2.43. The Bertz CT molecular complexity index is 470. The van der Waals surface area contributed by atoms with Crippen molar-refractivity contribution in [3.05, 3.63) is 28.8 Å². The average molecular weight is 296 g/mol. The summed E-state index contributed by atoms with van der Waals surface area (Å²) in [4.78, 5) is 12.1. The number of halogens is 1. The molecule has 1 unspecified atom stereocenters. The number of rotatable bonds is 4. The summed E-state index contributed by atoms with van der Waals surface area (Å²) in [5.41, 5.74) is 0.948. The molecule has 0 saturated heterocycles. The first-order valence-electron chi connectivity index (χ1n) is 7.29. The number of nitrogens with one attached hydrogen (secondary N) is 1. The lowest BCUT2D eigenvalue weighted by molar-refractivity contribution is -0.128. The van der Waals surface area contributed by atoms with Gasteiger partial charge in [0.05, 0.1) is 0 Å². The molecule has 0 heterocycles. The maximum atomic E-state index is 12.1. The van der Waals surface area contributed by atoms with Crippen molar-refractivity contribution in [1.82, 2.24) is 5.32 Å². The first-order chi connectivity index (χ1) is 9.56. The Morgan fingerprint density at radius 1 is 1.35 bits per heavy atom. The predicted molar refractivity (Wildman–Crippen MR) is 81.3 cm³/mol. The van der Waals surface area contributed by atoms with Gasteiger partial charge in [0, 0.05) is 11.1 Å². The highest BCUT2D eigenvalue weighted by Crippen LogP contribution is 2.22. The number of hydrogen-bond acceptors (Lipinski definition) is 2. The first kappa shape index (κ1) is 15.2. The largest absolute Gasteiger partial charge is 0.481 e. The number of benzene rings is 1. The van der Waals surface area contributed by atoms with Crippen LogP contribution in [0.15, 0.2) is 18.2 Å². The van der Waals surface area contributed by atoms with E-state index in [0.717, 1.165) is 18.4 Å². The molecule has 1 aromatic rings. The van der Waals surface area contributed by atoms with Gasteiger partial charge in [-0.25, -0.2) is 0 Å². The van der Waals surface area contributed by atoms with Gasteiger partial charge in [-0.15, -0.1) is 0 Å². The van der Waals surface area contributed by atoms with Crippen molar-refractivity contribution < 1.29 is 9.53 Å². The fraction of sp³-hybridized carbons (Fsp3) is 0.562. The van der Waals surface area contributed by atoms with E-state index in [1.807, 2.05) is 13.0 Å². The minimum absolute atomic E-state index is 0.0375. The van der Waals surface area contributed by atoms with Crippen LogP contribution in [0, 0.1) is 6.92 Å². The number of carbonyl (C=O) groups excluding carboxylic acids is 1. The molecule has 1 amide bonds. The van der Waals surface area contributed by atoms with E-state index in [1.165, 1.54) is 19.3 Å². The number of amides is 1. The molecule has 20 heavy (non-hydrogen) atoms. The van der Waals surface area contributed by atoms with Crippen molar-refractivity contribution in [2.45, 2.75) is 58.1 Å². The summed E-state index contributed by atoms with van der Waals surface area (Å²) in [6, 6.07) is 5.75. The zero-order valence-corrected chi connectivity index (χ0v) is 12.9. The molecule has 0 bridgehead atoms. The van der Waals surface area contributed by atoms with Crippen LogP contribution in [0.1, 0.15) is 44.6 Å². The molecule has 3 nitrogen and oxygen atoms in total. The number of aryl methyl sites for hydroxylation is 1. The highest BCUT2D eigenvalue weighted by Gasteiger charge is 2.20. The highest BCUT2D eigenvalue weighted by atomic mass is 35.5. The van der Waals surface area contributed by atoms with Crippen LogP contribution in [0.3, 0.4) is 0 Å². The smallest absolute Gasteiger partial charge is 0.260 e. The lowest BCUT2D eigenvalue weighted by atomic mass is 9.95. The van der Waals surface area contributed by atoms with Gasteiger partial charge >= 0.3 is 0 Å². The molecule has 1 aliphatic carbocycles. The Morgan fingerprint density at radius 2 is 2.05 bits per heavy atom. The van der Waals surface area contributed by atoms with Crippen LogP contribution in [0.25, 0.3) is 0 Å². The molecule has 1 aromatic carbocycles. The second kappa shape index (κ2) is 6.98. The van der Waals surface area contributed by atoms with Gasteiger partial charge in [0.1, 0.15) is 5.75 Å². The minimum Gasteiger partial charge on any atom is -0.481 e. The van der Waals surface area contributed by atoms with E-state index >= 15 is 0 Å². The molecule has 0 aromatic heterocycles. The van der Waals surface area contributed by atoms with Gasteiger partial charge in [-0.1, -0.05) is 30.9 Å². The quantitative estimate of drug-likeness (QED) is 0.916. The number of carbonyl (C=O) groups is 1. The maximum absolute atomic E-state index is 12.1. The van der Waals surface area contributed by atoms with Gasteiger partial charge in [-0.05, 0) is 50.5 Å². The fourth-order valence-corrected chi connectivity index (χ4v) is 2.63. The SMILES string of the molecule is Cc1cc(OC(C)C(=O)NC2CCCCC2)ccc1Cl. The molecule has 4 heteroatoms. The molecule has 1 fully saturated rings. The molecule has 1 saturated carbocycles. The normalized spacial score (nSPS) is 17.6. The zero-order chi connectivity index (χ0) is 14.5. The van der Waals surface area contributed by atoms with Crippen molar-refractivity contribution >= 4 is 17.5 Å². The third kappa shape index (κ3) is 4.14. The fourth-order valence-electron chi connectivity index (χ4n) is 2.51. The van der Waals surface area contributed by atoms with E-state index in [4.69, 9.17) is 16.3 Å². The van der Waals surface area contributed by atoms with Crippen molar-refractivity contribution in [2.75, 3.05) is 0 Å². The standard InChI is InChI=1S/C16H22ClNO2/c1-11-10-14(8-9-15(11)17)20-12(2)16(19)18-13-6-4-3-5-7-13/h8-10,12-13H,3-7H2,1-2H3,(H,18,19). The summed E-state index contributed by atoms with van der Waals surface area (Å²) in [5, 5.41) is 3.78. The monoisotopic (exact) mass is 295 g/mol. The zero-order valence-electron chi connectivity index (χ0n) is 12.1. The Kier molecular flexibility index (Phi) is 5.30. The highest BCUT2D eigenvalue weighted by molar-refractivity contribution is 6.31. The van der Waals surface area contributed by atoms with E-state index in [0.29, 0.717) is 16.8 Å². The van der Waals surface area contributed by atoms with Crippen LogP contribution in [-0.4, -0.2) is 18.1 Å². The van der Waals surface area contributed by atoms with Gasteiger partial charge in [0.25, 0.3) is 5.91 Å². The third-order valence-corrected chi connectivity index (χ3v) is 4.19. The Morgan fingerprint density at radius 3 is 2.70 bits per heavy atom. The molecule has 110 valence electrons.